The van der Waals surface area contributed by atoms with Gasteiger partial charge in [0.15, 0.2) is 12.4 Å². The second-order valence-electron chi connectivity index (χ2n) is 9.09. The van der Waals surface area contributed by atoms with Gasteiger partial charge in [-0.25, -0.2) is 14.6 Å². The second-order valence-corrected chi connectivity index (χ2v) is 9.09. The molecule has 4 aromatic rings. The summed E-state index contributed by atoms with van der Waals surface area (Å²) < 4.78 is 16.6. The molecule has 2 amide bonds. The predicted molar refractivity (Wildman–Crippen MR) is 148 cm³/mol. The van der Waals surface area contributed by atoms with Crippen molar-refractivity contribution in [3.8, 4) is 11.5 Å². The van der Waals surface area contributed by atoms with Crippen LogP contribution in [-0.4, -0.2) is 40.8 Å². The van der Waals surface area contributed by atoms with Crippen molar-refractivity contribution in [3.05, 3.63) is 114 Å². The summed E-state index contributed by atoms with van der Waals surface area (Å²) in [4.78, 5) is 54.4. The van der Waals surface area contributed by atoms with Gasteiger partial charge in [0.2, 0.25) is 5.89 Å². The van der Waals surface area contributed by atoms with E-state index >= 15 is 0 Å². The molecule has 41 heavy (non-hydrogen) atoms. The lowest BCUT2D eigenvalue weighted by molar-refractivity contribution is -0.148. The smallest absolute Gasteiger partial charge is 0.328 e. The zero-order valence-corrected chi connectivity index (χ0v) is 22.5. The Kier molecular flexibility index (Phi) is 9.61. The first-order valence-corrected chi connectivity index (χ1v) is 12.9. The molecule has 0 bridgehead atoms. The van der Waals surface area contributed by atoms with Gasteiger partial charge in [-0.05, 0) is 50.2 Å². The Bertz CT molecular complexity index is 1400. The number of carbonyl (C=O) groups is 4. The van der Waals surface area contributed by atoms with Crippen LogP contribution in [0.25, 0.3) is 11.5 Å². The standard InChI is InChI=1S/C31H29N3O7/c1-20(32-27(35)22-12-6-3-7-13-22)30(37)39-18-25-26(41-29(34-25)24-16-10-5-11-17-24)19-40-31(38)21(2)33-28(36)23-14-8-4-9-15-23/h3-17,20-21H,18-19H2,1-2H3,(H,32,35)(H,33,36)/t20-,21-/m1/s1. The normalized spacial score (nSPS) is 12.0. The maximum absolute atomic E-state index is 12.6. The summed E-state index contributed by atoms with van der Waals surface area (Å²) in [5, 5.41) is 5.19. The number of nitrogens with zero attached hydrogens (tertiary/aromatic N) is 1. The molecule has 0 saturated carbocycles. The summed E-state index contributed by atoms with van der Waals surface area (Å²) in [6, 6.07) is 24.2. The van der Waals surface area contributed by atoms with E-state index in [1.165, 1.54) is 13.8 Å². The van der Waals surface area contributed by atoms with Crippen LogP contribution in [0.1, 0.15) is 46.0 Å². The van der Waals surface area contributed by atoms with Crippen LogP contribution >= 0.6 is 0 Å². The minimum Gasteiger partial charge on any atom is -0.458 e. The highest BCUT2D eigenvalue weighted by atomic mass is 16.5. The summed E-state index contributed by atoms with van der Waals surface area (Å²) >= 11 is 0. The third-order valence-corrected chi connectivity index (χ3v) is 5.97. The molecule has 4 rings (SSSR count). The Morgan fingerprint density at radius 3 is 1.61 bits per heavy atom. The summed E-state index contributed by atoms with van der Waals surface area (Å²) in [5.74, 6) is -1.77. The lowest BCUT2D eigenvalue weighted by atomic mass is 10.2. The van der Waals surface area contributed by atoms with E-state index in [-0.39, 0.29) is 30.6 Å². The van der Waals surface area contributed by atoms with E-state index < -0.39 is 35.8 Å². The molecule has 1 heterocycles. The largest absolute Gasteiger partial charge is 0.458 e. The maximum Gasteiger partial charge on any atom is 0.328 e. The molecule has 10 heteroatoms. The van der Waals surface area contributed by atoms with Crippen LogP contribution in [0.3, 0.4) is 0 Å². The maximum atomic E-state index is 12.6. The highest BCUT2D eigenvalue weighted by Gasteiger charge is 2.23. The number of nitrogens with one attached hydrogen (secondary N) is 2. The number of oxazole rings is 1. The van der Waals surface area contributed by atoms with Crippen LogP contribution in [0.4, 0.5) is 0 Å². The lowest BCUT2D eigenvalue weighted by Crippen LogP contribution is -2.39. The van der Waals surface area contributed by atoms with Crippen LogP contribution in [0.5, 0.6) is 0 Å². The minimum absolute atomic E-state index is 0.174. The fourth-order valence-electron chi connectivity index (χ4n) is 3.70. The average molecular weight is 556 g/mol. The van der Waals surface area contributed by atoms with Gasteiger partial charge in [0.05, 0.1) is 0 Å². The molecule has 0 spiro atoms. The molecule has 210 valence electrons. The number of hydrogen-bond donors (Lipinski definition) is 2. The molecule has 1 aromatic heterocycles. The van der Waals surface area contributed by atoms with Gasteiger partial charge >= 0.3 is 11.9 Å². The van der Waals surface area contributed by atoms with Gasteiger partial charge in [0.1, 0.15) is 24.4 Å². The molecule has 0 aliphatic rings. The summed E-state index contributed by atoms with van der Waals surface area (Å²) in [7, 11) is 0. The Labute approximate surface area is 236 Å². The average Bonchev–Trinajstić information content (AvgIpc) is 3.42. The van der Waals surface area contributed by atoms with E-state index in [0.717, 1.165) is 0 Å². The minimum atomic E-state index is -0.936. The van der Waals surface area contributed by atoms with E-state index in [0.29, 0.717) is 16.7 Å². The van der Waals surface area contributed by atoms with Crippen molar-refractivity contribution in [2.24, 2.45) is 0 Å². The van der Waals surface area contributed by atoms with Crippen LogP contribution in [-0.2, 0) is 32.3 Å². The molecule has 0 unspecified atom stereocenters. The number of carbonyl (C=O) groups excluding carboxylic acids is 4. The van der Waals surface area contributed by atoms with Crippen molar-refractivity contribution in [3.63, 3.8) is 0 Å². The molecule has 0 radical (unpaired) electrons. The Balaban J connectivity index is 1.39. The number of aromatic nitrogens is 1. The molecule has 3 aromatic carbocycles. The van der Waals surface area contributed by atoms with Crippen LogP contribution in [0.15, 0.2) is 95.4 Å². The zero-order chi connectivity index (χ0) is 29.2. The van der Waals surface area contributed by atoms with Gasteiger partial charge in [-0.15, -0.1) is 0 Å². The summed E-state index contributed by atoms with van der Waals surface area (Å²) in [6.45, 7) is 2.42. The second kappa shape index (κ2) is 13.7. The van der Waals surface area contributed by atoms with Gasteiger partial charge in [-0.3, -0.25) is 9.59 Å². The third kappa shape index (κ3) is 7.89. The van der Waals surface area contributed by atoms with Crippen LogP contribution in [0.2, 0.25) is 0 Å². The van der Waals surface area contributed by atoms with E-state index in [4.69, 9.17) is 13.9 Å². The molecule has 0 aliphatic carbocycles. The monoisotopic (exact) mass is 555 g/mol. The van der Waals surface area contributed by atoms with Crippen LogP contribution in [0, 0.1) is 0 Å². The predicted octanol–water partition coefficient (Wildman–Crippen LogP) is 4.07. The number of rotatable bonds is 11. The number of ether oxygens (including phenoxy) is 2. The quantitative estimate of drug-likeness (QED) is 0.264. The van der Waals surface area contributed by atoms with Crippen molar-refractivity contribution in [2.75, 3.05) is 0 Å². The van der Waals surface area contributed by atoms with E-state index in [9.17, 15) is 19.2 Å². The fourth-order valence-corrected chi connectivity index (χ4v) is 3.70. The van der Waals surface area contributed by atoms with Crippen molar-refractivity contribution in [1.29, 1.82) is 0 Å². The van der Waals surface area contributed by atoms with Crippen molar-refractivity contribution in [2.45, 2.75) is 39.1 Å². The Morgan fingerprint density at radius 1 is 0.683 bits per heavy atom. The summed E-state index contributed by atoms with van der Waals surface area (Å²) in [5.41, 5.74) is 1.74. The molecular formula is C31H29N3O7. The third-order valence-electron chi connectivity index (χ3n) is 5.97. The first-order chi connectivity index (χ1) is 19.8. The zero-order valence-electron chi connectivity index (χ0n) is 22.5. The molecule has 0 fully saturated rings. The molecule has 2 atom stereocenters. The fraction of sp³-hybridized carbons (Fsp3) is 0.194. The molecule has 10 nitrogen and oxygen atoms in total. The Morgan fingerprint density at radius 2 is 1.12 bits per heavy atom. The first-order valence-electron chi connectivity index (χ1n) is 12.9. The number of hydrogen-bond acceptors (Lipinski definition) is 8. The van der Waals surface area contributed by atoms with Crippen molar-refractivity contribution >= 4 is 23.8 Å². The van der Waals surface area contributed by atoms with E-state index in [1.54, 1.807) is 72.8 Å². The highest BCUT2D eigenvalue weighted by molar-refractivity contribution is 5.97. The van der Waals surface area contributed by atoms with Crippen LogP contribution < -0.4 is 10.6 Å². The number of amides is 2. The Hall–Kier alpha value is -5.25. The molecular weight excluding hydrogens is 526 g/mol. The van der Waals surface area contributed by atoms with Gasteiger partial charge < -0.3 is 24.5 Å². The van der Waals surface area contributed by atoms with Gasteiger partial charge in [0.25, 0.3) is 11.8 Å². The summed E-state index contributed by atoms with van der Waals surface area (Å²) in [6.07, 6.45) is 0. The lowest BCUT2D eigenvalue weighted by Gasteiger charge is -2.14. The molecule has 2 N–H and O–H groups in total. The topological polar surface area (TPSA) is 137 Å². The SMILES string of the molecule is C[C@@H](NC(=O)c1ccccc1)C(=O)OCc1nc(-c2ccccc2)oc1COC(=O)[C@@H](C)NC(=O)c1ccccc1. The molecule has 0 saturated heterocycles. The first kappa shape index (κ1) is 28.8. The van der Waals surface area contributed by atoms with Gasteiger partial charge in [-0.1, -0.05) is 54.6 Å². The van der Waals surface area contributed by atoms with Gasteiger partial charge in [0, 0.05) is 16.7 Å². The van der Waals surface area contributed by atoms with Crippen molar-refractivity contribution in [1.82, 2.24) is 15.6 Å². The highest BCUT2D eigenvalue weighted by Crippen LogP contribution is 2.23. The van der Waals surface area contributed by atoms with Gasteiger partial charge in [-0.2, -0.15) is 0 Å². The van der Waals surface area contributed by atoms with E-state index in [2.05, 4.69) is 15.6 Å². The number of benzene rings is 3. The molecule has 0 aliphatic heterocycles. The van der Waals surface area contributed by atoms with E-state index in [1.807, 2.05) is 18.2 Å². The number of esters is 2. The van der Waals surface area contributed by atoms with Crippen molar-refractivity contribution < 1.29 is 33.1 Å².